The molecule has 0 saturated carbocycles. The summed E-state index contributed by atoms with van der Waals surface area (Å²) < 4.78 is 11.0. The molecular weight excluding hydrogens is 230 g/mol. The van der Waals surface area contributed by atoms with Crippen molar-refractivity contribution in [3.8, 4) is 0 Å². The van der Waals surface area contributed by atoms with Gasteiger partial charge in [-0.25, -0.2) is 0 Å². The molecule has 1 aliphatic heterocycles. The Hall–Kier alpha value is -0.940. The van der Waals surface area contributed by atoms with Crippen LogP contribution >= 0.6 is 0 Å². The number of nitrogens with zero attached hydrogens (tertiary/aromatic N) is 2. The number of piperidine rings is 1. The zero-order valence-corrected chi connectivity index (χ0v) is 11.5. The Morgan fingerprint density at radius 2 is 2.28 bits per heavy atom. The van der Waals surface area contributed by atoms with Crippen molar-refractivity contribution in [2.24, 2.45) is 0 Å². The average Bonchev–Trinajstić information content (AvgIpc) is 2.87. The number of rotatable bonds is 5. The van der Waals surface area contributed by atoms with E-state index in [-0.39, 0.29) is 11.6 Å². The molecule has 1 aliphatic rings. The first-order chi connectivity index (χ1) is 8.69. The van der Waals surface area contributed by atoms with Crippen LogP contribution in [0.5, 0.6) is 0 Å². The lowest BCUT2D eigenvalue weighted by atomic mass is 9.91. The Morgan fingerprint density at radius 3 is 2.89 bits per heavy atom. The van der Waals surface area contributed by atoms with E-state index in [1.165, 1.54) is 12.8 Å². The van der Waals surface area contributed by atoms with Gasteiger partial charge in [0.1, 0.15) is 6.10 Å². The average molecular weight is 253 g/mol. The summed E-state index contributed by atoms with van der Waals surface area (Å²) >= 11 is 0. The minimum Gasteiger partial charge on any atom is -0.370 e. The number of hydrogen-bond acceptors (Lipinski definition) is 5. The van der Waals surface area contributed by atoms with Crippen LogP contribution in [-0.4, -0.2) is 23.3 Å². The molecule has 1 fully saturated rings. The van der Waals surface area contributed by atoms with Gasteiger partial charge in [-0.15, -0.1) is 0 Å². The van der Waals surface area contributed by atoms with E-state index in [0.717, 1.165) is 19.4 Å². The summed E-state index contributed by atoms with van der Waals surface area (Å²) in [6.45, 7) is 7.85. The highest BCUT2D eigenvalue weighted by Crippen LogP contribution is 2.29. The van der Waals surface area contributed by atoms with Crippen molar-refractivity contribution >= 4 is 0 Å². The molecule has 2 heterocycles. The SMILES string of the molecule is CCOC(CC)c1noc(C2(C)CCCCN2)n1. The van der Waals surface area contributed by atoms with Crippen LogP contribution in [0.1, 0.15) is 64.3 Å². The fourth-order valence-corrected chi connectivity index (χ4v) is 2.40. The van der Waals surface area contributed by atoms with Crippen molar-refractivity contribution < 1.29 is 9.26 Å². The minimum atomic E-state index is -0.173. The molecule has 0 amide bonds. The lowest BCUT2D eigenvalue weighted by molar-refractivity contribution is 0.0518. The Kier molecular flexibility index (Phi) is 4.35. The van der Waals surface area contributed by atoms with Crippen LogP contribution in [0.3, 0.4) is 0 Å². The highest BCUT2D eigenvalue weighted by atomic mass is 16.5. The Balaban J connectivity index is 2.13. The molecule has 0 radical (unpaired) electrons. The van der Waals surface area contributed by atoms with Crippen molar-refractivity contribution in [1.82, 2.24) is 15.5 Å². The number of aromatic nitrogens is 2. The van der Waals surface area contributed by atoms with Crippen LogP contribution in [0.4, 0.5) is 0 Å². The van der Waals surface area contributed by atoms with Crippen molar-refractivity contribution in [1.29, 1.82) is 0 Å². The zero-order valence-electron chi connectivity index (χ0n) is 11.5. The summed E-state index contributed by atoms with van der Waals surface area (Å²) in [5.74, 6) is 1.36. The van der Waals surface area contributed by atoms with Gasteiger partial charge in [0.2, 0.25) is 11.7 Å². The predicted molar refractivity (Wildman–Crippen MR) is 68.2 cm³/mol. The van der Waals surface area contributed by atoms with Crippen LogP contribution in [0.15, 0.2) is 4.52 Å². The number of hydrogen-bond donors (Lipinski definition) is 1. The molecule has 1 aromatic rings. The zero-order chi connectivity index (χ0) is 13.0. The summed E-state index contributed by atoms with van der Waals surface area (Å²) in [6, 6.07) is 0. The van der Waals surface area contributed by atoms with Crippen LogP contribution < -0.4 is 5.32 Å². The first-order valence-electron chi connectivity index (χ1n) is 6.90. The van der Waals surface area contributed by atoms with E-state index in [1.54, 1.807) is 0 Å². The van der Waals surface area contributed by atoms with Crippen molar-refractivity contribution in [2.75, 3.05) is 13.2 Å². The molecule has 2 rings (SSSR count). The maximum atomic E-state index is 5.61. The molecule has 0 aliphatic carbocycles. The second kappa shape index (κ2) is 5.80. The van der Waals surface area contributed by atoms with Gasteiger partial charge in [-0.1, -0.05) is 12.1 Å². The van der Waals surface area contributed by atoms with Gasteiger partial charge in [-0.05, 0) is 46.1 Å². The second-order valence-corrected chi connectivity index (χ2v) is 5.03. The van der Waals surface area contributed by atoms with Gasteiger partial charge in [0.25, 0.3) is 0 Å². The van der Waals surface area contributed by atoms with Gasteiger partial charge in [-0.2, -0.15) is 4.98 Å². The fourth-order valence-electron chi connectivity index (χ4n) is 2.40. The maximum Gasteiger partial charge on any atom is 0.246 e. The third-order valence-corrected chi connectivity index (χ3v) is 3.56. The van der Waals surface area contributed by atoms with Crippen LogP contribution in [0.2, 0.25) is 0 Å². The number of nitrogens with one attached hydrogen (secondary N) is 1. The first kappa shape index (κ1) is 13.5. The Labute approximate surface area is 108 Å². The van der Waals surface area contributed by atoms with E-state index < -0.39 is 0 Å². The quantitative estimate of drug-likeness (QED) is 0.873. The van der Waals surface area contributed by atoms with E-state index in [9.17, 15) is 0 Å². The smallest absolute Gasteiger partial charge is 0.246 e. The standard InChI is InChI=1S/C13H23N3O2/c1-4-10(17-5-2)11-15-12(18-16-11)13(3)8-6-7-9-14-13/h10,14H,4-9H2,1-3H3. The molecule has 5 nitrogen and oxygen atoms in total. The van der Waals surface area contributed by atoms with Gasteiger partial charge in [-0.3, -0.25) is 0 Å². The molecule has 2 unspecified atom stereocenters. The van der Waals surface area contributed by atoms with Crippen molar-refractivity contribution in [2.45, 2.75) is 58.1 Å². The van der Waals surface area contributed by atoms with Gasteiger partial charge in [0.15, 0.2) is 0 Å². The normalized spacial score (nSPS) is 26.2. The van der Waals surface area contributed by atoms with Crippen LogP contribution in [0, 0.1) is 0 Å². The molecule has 2 atom stereocenters. The largest absolute Gasteiger partial charge is 0.370 e. The lowest BCUT2D eigenvalue weighted by Gasteiger charge is -2.31. The molecular formula is C13H23N3O2. The lowest BCUT2D eigenvalue weighted by Crippen LogP contribution is -2.43. The summed E-state index contributed by atoms with van der Waals surface area (Å²) in [5.41, 5.74) is -0.173. The summed E-state index contributed by atoms with van der Waals surface area (Å²) in [6.07, 6.45) is 4.26. The van der Waals surface area contributed by atoms with E-state index >= 15 is 0 Å². The second-order valence-electron chi connectivity index (χ2n) is 5.03. The first-order valence-corrected chi connectivity index (χ1v) is 6.90. The predicted octanol–water partition coefficient (Wildman–Crippen LogP) is 2.55. The Bertz CT molecular complexity index is 372. The van der Waals surface area contributed by atoms with E-state index in [2.05, 4.69) is 29.3 Å². The van der Waals surface area contributed by atoms with Gasteiger partial charge in [0, 0.05) is 6.61 Å². The van der Waals surface area contributed by atoms with E-state index in [4.69, 9.17) is 9.26 Å². The topological polar surface area (TPSA) is 60.2 Å². The van der Waals surface area contributed by atoms with Gasteiger partial charge < -0.3 is 14.6 Å². The van der Waals surface area contributed by atoms with Crippen molar-refractivity contribution in [3.05, 3.63) is 11.7 Å². The monoisotopic (exact) mass is 253 g/mol. The summed E-state index contributed by atoms with van der Waals surface area (Å²) in [7, 11) is 0. The molecule has 102 valence electrons. The van der Waals surface area contributed by atoms with Crippen molar-refractivity contribution in [3.63, 3.8) is 0 Å². The molecule has 0 spiro atoms. The summed E-state index contributed by atoms with van der Waals surface area (Å²) in [4.78, 5) is 4.53. The Morgan fingerprint density at radius 1 is 1.44 bits per heavy atom. The van der Waals surface area contributed by atoms with Gasteiger partial charge >= 0.3 is 0 Å². The van der Waals surface area contributed by atoms with E-state index in [1.807, 2.05) is 6.92 Å². The maximum absolute atomic E-state index is 5.61. The molecule has 1 N–H and O–H groups in total. The summed E-state index contributed by atoms with van der Waals surface area (Å²) in [5, 5.41) is 7.55. The van der Waals surface area contributed by atoms with Gasteiger partial charge in [0.05, 0.1) is 5.54 Å². The molecule has 0 aromatic carbocycles. The van der Waals surface area contributed by atoms with Crippen LogP contribution in [-0.2, 0) is 10.3 Å². The molecule has 1 saturated heterocycles. The highest BCUT2D eigenvalue weighted by molar-refractivity contribution is 5.04. The third kappa shape index (κ3) is 2.72. The van der Waals surface area contributed by atoms with Crippen LogP contribution in [0.25, 0.3) is 0 Å². The third-order valence-electron chi connectivity index (χ3n) is 3.56. The molecule has 18 heavy (non-hydrogen) atoms. The molecule has 1 aromatic heterocycles. The number of ether oxygens (including phenoxy) is 1. The fraction of sp³-hybridized carbons (Fsp3) is 0.846. The molecule has 0 bridgehead atoms. The minimum absolute atomic E-state index is 0.0558. The molecule has 5 heteroatoms. The highest BCUT2D eigenvalue weighted by Gasteiger charge is 2.34. The van der Waals surface area contributed by atoms with E-state index in [0.29, 0.717) is 18.3 Å².